The molecule has 2 saturated heterocycles. The zero-order valence-electron chi connectivity index (χ0n) is 12.2. The topological polar surface area (TPSA) is 49.9 Å². The van der Waals surface area contributed by atoms with Crippen molar-refractivity contribution < 1.29 is 14.3 Å². The fraction of sp³-hybridized carbons (Fsp3) is 0.375. The number of morpholine rings is 1. The Morgan fingerprint density at radius 3 is 3.09 bits per heavy atom. The second kappa shape index (κ2) is 6.46. The van der Waals surface area contributed by atoms with Crippen LogP contribution < -0.4 is 0 Å². The van der Waals surface area contributed by atoms with Gasteiger partial charge in [0.1, 0.15) is 6.61 Å². The minimum atomic E-state index is -0.100. The third-order valence-corrected chi connectivity index (χ3v) is 4.79. The van der Waals surface area contributed by atoms with Gasteiger partial charge in [0.15, 0.2) is 0 Å². The quantitative estimate of drug-likeness (QED) is 0.623. The van der Waals surface area contributed by atoms with Crippen molar-refractivity contribution >= 4 is 29.2 Å². The summed E-state index contributed by atoms with van der Waals surface area (Å²) in [7, 11) is 0. The van der Waals surface area contributed by atoms with E-state index in [9.17, 15) is 9.59 Å². The summed E-state index contributed by atoms with van der Waals surface area (Å²) in [6.07, 6.45) is 5.02. The van der Waals surface area contributed by atoms with Crippen molar-refractivity contribution in [3.05, 3.63) is 41.1 Å². The van der Waals surface area contributed by atoms with Crippen LogP contribution in [0.1, 0.15) is 4.88 Å². The summed E-state index contributed by atoms with van der Waals surface area (Å²) >= 11 is 1.59. The first-order chi connectivity index (χ1) is 10.7. The van der Waals surface area contributed by atoms with Gasteiger partial charge in [0.05, 0.1) is 12.1 Å². The number of thiophene rings is 1. The predicted molar refractivity (Wildman–Crippen MR) is 85.4 cm³/mol. The van der Waals surface area contributed by atoms with Crippen LogP contribution in [0.15, 0.2) is 36.2 Å². The van der Waals surface area contributed by atoms with E-state index in [-0.39, 0.29) is 30.6 Å². The lowest BCUT2D eigenvalue weighted by Crippen LogP contribution is -2.53. The first-order valence-corrected chi connectivity index (χ1v) is 8.09. The SMILES string of the molecule is C=CCN1C(=O)CO[C@@H]2CN(C(=O)/C=C/c3cccs3)C[C@H]21. The molecule has 0 bridgehead atoms. The Morgan fingerprint density at radius 1 is 1.50 bits per heavy atom. The summed E-state index contributed by atoms with van der Waals surface area (Å²) in [6.45, 7) is 5.31. The van der Waals surface area contributed by atoms with Crippen molar-refractivity contribution in [3.63, 3.8) is 0 Å². The molecule has 0 saturated carbocycles. The molecule has 5 nitrogen and oxygen atoms in total. The minimum absolute atomic E-state index is 0.0374. The lowest BCUT2D eigenvalue weighted by molar-refractivity contribution is -0.151. The van der Waals surface area contributed by atoms with Crippen molar-refractivity contribution in [2.75, 3.05) is 26.2 Å². The number of rotatable bonds is 4. The Balaban J connectivity index is 1.66. The highest BCUT2D eigenvalue weighted by atomic mass is 32.1. The van der Waals surface area contributed by atoms with Crippen molar-refractivity contribution in [1.82, 2.24) is 9.80 Å². The minimum Gasteiger partial charge on any atom is -0.364 e. The maximum Gasteiger partial charge on any atom is 0.249 e. The molecule has 22 heavy (non-hydrogen) atoms. The molecule has 0 spiro atoms. The number of carbonyl (C=O) groups is 2. The Morgan fingerprint density at radius 2 is 2.36 bits per heavy atom. The van der Waals surface area contributed by atoms with Crippen molar-refractivity contribution in [2.45, 2.75) is 12.1 Å². The maximum atomic E-state index is 12.3. The molecule has 2 amide bonds. The van der Waals surface area contributed by atoms with E-state index < -0.39 is 0 Å². The lowest BCUT2D eigenvalue weighted by Gasteiger charge is -2.35. The third kappa shape index (κ3) is 2.98. The molecule has 0 aromatic carbocycles. The molecule has 0 unspecified atom stereocenters. The summed E-state index contributed by atoms with van der Waals surface area (Å²) in [6, 6.07) is 3.84. The van der Waals surface area contributed by atoms with Gasteiger partial charge in [0.25, 0.3) is 0 Å². The first kappa shape index (κ1) is 15.0. The van der Waals surface area contributed by atoms with E-state index in [0.717, 1.165) is 4.88 Å². The van der Waals surface area contributed by atoms with Gasteiger partial charge in [0.2, 0.25) is 11.8 Å². The van der Waals surface area contributed by atoms with Crippen LogP contribution in [0.25, 0.3) is 6.08 Å². The first-order valence-electron chi connectivity index (χ1n) is 7.21. The van der Waals surface area contributed by atoms with Crippen LogP contribution in [0.4, 0.5) is 0 Å². The van der Waals surface area contributed by atoms with Gasteiger partial charge in [-0.15, -0.1) is 17.9 Å². The van der Waals surface area contributed by atoms with Gasteiger partial charge in [-0.05, 0) is 17.5 Å². The Labute approximate surface area is 133 Å². The molecular formula is C16H18N2O3S. The van der Waals surface area contributed by atoms with Gasteiger partial charge in [-0.25, -0.2) is 0 Å². The van der Waals surface area contributed by atoms with Crippen molar-refractivity contribution in [1.29, 1.82) is 0 Å². The van der Waals surface area contributed by atoms with Gasteiger partial charge >= 0.3 is 0 Å². The number of hydrogen-bond donors (Lipinski definition) is 0. The number of fused-ring (bicyclic) bond motifs is 1. The fourth-order valence-corrected chi connectivity index (χ4v) is 3.49. The van der Waals surface area contributed by atoms with Crippen LogP contribution in [0.2, 0.25) is 0 Å². The molecule has 116 valence electrons. The predicted octanol–water partition coefficient (Wildman–Crippen LogP) is 1.39. The normalized spacial score (nSPS) is 24.8. The molecule has 6 heteroatoms. The summed E-state index contributed by atoms with van der Waals surface area (Å²) in [5.41, 5.74) is 0. The molecule has 1 aromatic heterocycles. The Hall–Kier alpha value is -1.92. The summed E-state index contributed by atoms with van der Waals surface area (Å²) in [5.74, 6) is -0.0815. The highest BCUT2D eigenvalue weighted by Crippen LogP contribution is 2.24. The number of amides is 2. The van der Waals surface area contributed by atoms with E-state index in [4.69, 9.17) is 4.74 Å². The van der Waals surface area contributed by atoms with E-state index in [1.165, 1.54) is 0 Å². The molecule has 1 aromatic rings. The summed E-state index contributed by atoms with van der Waals surface area (Å²) in [4.78, 5) is 28.8. The summed E-state index contributed by atoms with van der Waals surface area (Å²) in [5, 5.41) is 1.97. The average Bonchev–Trinajstić information content (AvgIpc) is 3.17. The molecule has 0 radical (unpaired) electrons. The number of ether oxygens (including phenoxy) is 1. The van der Waals surface area contributed by atoms with Crippen LogP contribution in [0.5, 0.6) is 0 Å². The van der Waals surface area contributed by atoms with Crippen LogP contribution in [0, 0.1) is 0 Å². The largest absolute Gasteiger partial charge is 0.364 e. The molecule has 3 rings (SSSR count). The zero-order valence-corrected chi connectivity index (χ0v) is 13.0. The molecule has 2 fully saturated rings. The highest BCUT2D eigenvalue weighted by molar-refractivity contribution is 7.10. The molecule has 2 atom stereocenters. The number of nitrogens with zero attached hydrogens (tertiary/aromatic N) is 2. The second-order valence-corrected chi connectivity index (χ2v) is 6.32. The number of likely N-dealkylation sites (tertiary alicyclic amines) is 1. The van der Waals surface area contributed by atoms with Crippen LogP contribution >= 0.6 is 11.3 Å². The van der Waals surface area contributed by atoms with E-state index in [1.807, 2.05) is 23.6 Å². The van der Waals surface area contributed by atoms with Gasteiger partial charge < -0.3 is 14.5 Å². The lowest BCUT2D eigenvalue weighted by atomic mass is 10.1. The second-order valence-electron chi connectivity index (χ2n) is 5.34. The molecule has 2 aliphatic rings. The van der Waals surface area contributed by atoms with E-state index in [2.05, 4.69) is 6.58 Å². The molecule has 0 N–H and O–H groups in total. The van der Waals surface area contributed by atoms with Gasteiger partial charge in [-0.3, -0.25) is 9.59 Å². The van der Waals surface area contributed by atoms with E-state index in [0.29, 0.717) is 19.6 Å². The van der Waals surface area contributed by atoms with Gasteiger partial charge in [-0.2, -0.15) is 0 Å². The van der Waals surface area contributed by atoms with Crippen LogP contribution in [-0.2, 0) is 14.3 Å². The average molecular weight is 318 g/mol. The van der Waals surface area contributed by atoms with E-state index in [1.54, 1.807) is 33.3 Å². The van der Waals surface area contributed by atoms with Crippen molar-refractivity contribution in [3.8, 4) is 0 Å². The maximum absolute atomic E-state index is 12.3. The molecule has 3 heterocycles. The molecular weight excluding hydrogens is 300 g/mol. The summed E-state index contributed by atoms with van der Waals surface area (Å²) < 4.78 is 5.58. The van der Waals surface area contributed by atoms with Crippen LogP contribution in [-0.4, -0.2) is 60.0 Å². The Kier molecular flexibility index (Phi) is 4.40. The smallest absolute Gasteiger partial charge is 0.249 e. The van der Waals surface area contributed by atoms with Gasteiger partial charge in [-0.1, -0.05) is 12.1 Å². The molecule has 2 aliphatic heterocycles. The zero-order chi connectivity index (χ0) is 15.5. The number of carbonyl (C=O) groups excluding carboxylic acids is 2. The van der Waals surface area contributed by atoms with E-state index >= 15 is 0 Å². The number of hydrogen-bond acceptors (Lipinski definition) is 4. The monoisotopic (exact) mass is 318 g/mol. The van der Waals surface area contributed by atoms with Gasteiger partial charge in [0, 0.05) is 30.6 Å². The fourth-order valence-electron chi connectivity index (χ4n) is 2.87. The van der Waals surface area contributed by atoms with Crippen LogP contribution in [0.3, 0.4) is 0 Å². The third-order valence-electron chi connectivity index (χ3n) is 3.95. The standard InChI is InChI=1S/C16H18N2O3S/c1-2-7-18-13-9-17(10-14(13)21-11-16(18)20)15(19)6-5-12-4-3-8-22-12/h2-6,8,13-14H,1,7,9-11H2/b6-5+/t13-,14-/m1/s1. The Bertz CT molecular complexity index is 597. The van der Waals surface area contributed by atoms with Crippen molar-refractivity contribution in [2.24, 2.45) is 0 Å². The molecule has 0 aliphatic carbocycles. The highest BCUT2D eigenvalue weighted by Gasteiger charge is 2.43.